The number of hydrogen-bond acceptors (Lipinski definition) is 4. The number of carbonyl (C=O) groups is 2. The normalized spacial score (nSPS) is 11.0. The van der Waals surface area contributed by atoms with Gasteiger partial charge in [0.1, 0.15) is 18.1 Å². The Kier molecular flexibility index (Phi) is 7.63. The van der Waals surface area contributed by atoms with E-state index in [1.807, 2.05) is 32.9 Å². The highest BCUT2D eigenvalue weighted by Gasteiger charge is 2.24. The second kappa shape index (κ2) is 10.4. The van der Waals surface area contributed by atoms with E-state index in [0.29, 0.717) is 18.8 Å². The molecule has 0 bridgehead atoms. The van der Waals surface area contributed by atoms with Crippen molar-refractivity contribution in [3.8, 4) is 0 Å². The zero-order valence-corrected chi connectivity index (χ0v) is 18.8. The van der Waals surface area contributed by atoms with Gasteiger partial charge >= 0.3 is 0 Å². The van der Waals surface area contributed by atoms with Crippen molar-refractivity contribution in [2.75, 3.05) is 6.54 Å². The summed E-state index contributed by atoms with van der Waals surface area (Å²) >= 11 is 1.63. The van der Waals surface area contributed by atoms with Crippen LogP contribution in [0.1, 0.15) is 34.9 Å². The Balaban J connectivity index is 1.80. The molecule has 0 saturated heterocycles. The molecule has 0 aliphatic rings. The van der Waals surface area contributed by atoms with E-state index in [4.69, 9.17) is 4.42 Å². The van der Waals surface area contributed by atoms with Gasteiger partial charge in [-0.2, -0.15) is 0 Å². The Morgan fingerprint density at radius 1 is 1.00 bits per heavy atom. The molecular weight excluding hydrogens is 415 g/mol. The summed E-state index contributed by atoms with van der Waals surface area (Å²) in [4.78, 5) is 31.5. The first kappa shape index (κ1) is 22.7. The largest absolute Gasteiger partial charge is 0.467 e. The van der Waals surface area contributed by atoms with Gasteiger partial charge in [0.2, 0.25) is 11.8 Å². The first-order chi connectivity index (χ1) is 14.8. The van der Waals surface area contributed by atoms with Crippen molar-refractivity contribution in [1.29, 1.82) is 0 Å². The van der Waals surface area contributed by atoms with Gasteiger partial charge in [-0.05, 0) is 48.9 Å². The number of thiophene rings is 1. The number of furan rings is 1. The van der Waals surface area contributed by atoms with E-state index < -0.39 is 0 Å². The summed E-state index contributed by atoms with van der Waals surface area (Å²) < 4.78 is 18.7. The zero-order chi connectivity index (χ0) is 22.4. The second-order valence-corrected chi connectivity index (χ2v) is 9.19. The summed E-state index contributed by atoms with van der Waals surface area (Å²) in [5.41, 5.74) is 0.829. The maximum Gasteiger partial charge on any atom is 0.242 e. The smallest absolute Gasteiger partial charge is 0.242 e. The predicted octanol–water partition coefficient (Wildman–Crippen LogP) is 5.00. The minimum atomic E-state index is -0.317. The molecule has 0 aliphatic heterocycles. The third kappa shape index (κ3) is 6.52. The molecule has 0 aliphatic carbocycles. The molecule has 31 heavy (non-hydrogen) atoms. The number of hydrogen-bond donors (Lipinski definition) is 0. The van der Waals surface area contributed by atoms with Gasteiger partial charge in [0, 0.05) is 22.2 Å². The summed E-state index contributed by atoms with van der Waals surface area (Å²) in [5.74, 6) is -0.217. The highest BCUT2D eigenvalue weighted by atomic mass is 32.1. The average molecular weight is 443 g/mol. The molecule has 2 heterocycles. The molecule has 7 heteroatoms. The number of amides is 2. The molecule has 0 radical (unpaired) electrons. The van der Waals surface area contributed by atoms with Crippen molar-refractivity contribution >= 4 is 23.2 Å². The molecule has 0 unspecified atom stereocenters. The van der Waals surface area contributed by atoms with Gasteiger partial charge in [0.15, 0.2) is 0 Å². The Morgan fingerprint density at radius 3 is 2.32 bits per heavy atom. The van der Waals surface area contributed by atoms with Gasteiger partial charge in [-0.3, -0.25) is 9.59 Å². The number of rotatable bonds is 9. The molecule has 3 aromatic rings. The van der Waals surface area contributed by atoms with Gasteiger partial charge in [0.25, 0.3) is 0 Å². The second-order valence-electron chi connectivity index (χ2n) is 7.82. The average Bonchev–Trinajstić information content (AvgIpc) is 3.39. The van der Waals surface area contributed by atoms with Gasteiger partial charge in [0.05, 0.1) is 19.4 Å². The van der Waals surface area contributed by atoms with Crippen LogP contribution in [0, 0.1) is 18.7 Å². The van der Waals surface area contributed by atoms with E-state index in [9.17, 15) is 14.0 Å². The minimum Gasteiger partial charge on any atom is -0.467 e. The van der Waals surface area contributed by atoms with Crippen molar-refractivity contribution in [2.45, 2.75) is 40.4 Å². The lowest BCUT2D eigenvalue weighted by Gasteiger charge is -2.28. The van der Waals surface area contributed by atoms with Crippen LogP contribution in [-0.4, -0.2) is 28.2 Å². The van der Waals surface area contributed by atoms with E-state index in [2.05, 4.69) is 0 Å². The maximum absolute atomic E-state index is 13.3. The van der Waals surface area contributed by atoms with Crippen LogP contribution in [0.25, 0.3) is 0 Å². The van der Waals surface area contributed by atoms with Gasteiger partial charge < -0.3 is 14.2 Å². The van der Waals surface area contributed by atoms with Crippen LogP contribution in [-0.2, 0) is 29.2 Å². The van der Waals surface area contributed by atoms with E-state index in [0.717, 1.165) is 10.4 Å². The number of carbonyl (C=O) groups excluding carboxylic acids is 2. The third-order valence-corrected chi connectivity index (χ3v) is 5.83. The highest BCUT2D eigenvalue weighted by Crippen LogP contribution is 2.20. The SMILES string of the molecule is Cc1ccc(CN(Cc2ccc(F)cc2)C(=O)CN(Cc2ccco2)C(=O)C(C)C)s1. The number of benzene rings is 1. The Morgan fingerprint density at radius 2 is 1.74 bits per heavy atom. The molecule has 3 rings (SSSR count). The van der Waals surface area contributed by atoms with Crippen LogP contribution in [0.5, 0.6) is 0 Å². The lowest BCUT2D eigenvalue weighted by Crippen LogP contribution is -2.43. The highest BCUT2D eigenvalue weighted by molar-refractivity contribution is 7.11. The van der Waals surface area contributed by atoms with Crippen LogP contribution >= 0.6 is 11.3 Å². The summed E-state index contributed by atoms with van der Waals surface area (Å²) in [6.07, 6.45) is 1.55. The van der Waals surface area contributed by atoms with E-state index in [1.165, 1.54) is 21.9 Å². The molecule has 2 amide bonds. The topological polar surface area (TPSA) is 53.8 Å². The van der Waals surface area contributed by atoms with Gasteiger partial charge in [-0.1, -0.05) is 26.0 Å². The molecular formula is C24H27FN2O3S. The fraction of sp³-hybridized carbons (Fsp3) is 0.333. The van der Waals surface area contributed by atoms with Gasteiger partial charge in [-0.25, -0.2) is 4.39 Å². The minimum absolute atomic E-state index is 0.0523. The molecule has 0 spiro atoms. The van der Waals surface area contributed by atoms with E-state index in [1.54, 1.807) is 46.8 Å². The number of halogens is 1. The number of nitrogens with zero attached hydrogens (tertiary/aromatic N) is 2. The first-order valence-corrected chi connectivity index (χ1v) is 11.0. The first-order valence-electron chi connectivity index (χ1n) is 10.2. The molecule has 0 saturated carbocycles. The third-order valence-electron chi connectivity index (χ3n) is 4.84. The Labute approximate surface area is 186 Å². The fourth-order valence-electron chi connectivity index (χ4n) is 3.23. The Bertz CT molecular complexity index is 996. The monoisotopic (exact) mass is 442 g/mol. The van der Waals surface area contributed by atoms with E-state index in [-0.39, 0.29) is 36.6 Å². The van der Waals surface area contributed by atoms with Crippen molar-refractivity contribution < 1.29 is 18.4 Å². The van der Waals surface area contributed by atoms with Crippen LogP contribution in [0.2, 0.25) is 0 Å². The maximum atomic E-state index is 13.3. The van der Waals surface area contributed by atoms with Crippen LogP contribution in [0.4, 0.5) is 4.39 Å². The summed E-state index contributed by atoms with van der Waals surface area (Å²) in [7, 11) is 0. The van der Waals surface area contributed by atoms with E-state index >= 15 is 0 Å². The van der Waals surface area contributed by atoms with Crippen molar-refractivity contribution in [3.05, 3.63) is 81.7 Å². The lowest BCUT2D eigenvalue weighted by molar-refractivity contribution is -0.143. The van der Waals surface area contributed by atoms with Gasteiger partial charge in [-0.15, -0.1) is 11.3 Å². The fourth-order valence-corrected chi connectivity index (χ4v) is 4.14. The molecule has 5 nitrogen and oxygen atoms in total. The van der Waals surface area contributed by atoms with Crippen molar-refractivity contribution in [2.24, 2.45) is 5.92 Å². The standard InChI is InChI=1S/C24H27FN2O3S/c1-17(2)24(29)27(14-21-5-4-12-30-21)16-23(28)26(15-22-11-6-18(3)31-22)13-19-7-9-20(25)10-8-19/h4-12,17H,13-16H2,1-3H3. The van der Waals surface area contributed by atoms with Crippen molar-refractivity contribution in [1.82, 2.24) is 9.80 Å². The molecule has 1 aromatic carbocycles. The molecule has 2 aromatic heterocycles. The van der Waals surface area contributed by atoms with Crippen LogP contribution in [0.15, 0.2) is 59.2 Å². The summed E-state index contributed by atoms with van der Waals surface area (Å²) in [6.45, 7) is 6.59. The molecule has 164 valence electrons. The quantitative estimate of drug-likeness (QED) is 0.469. The molecule has 0 fully saturated rings. The van der Waals surface area contributed by atoms with Crippen LogP contribution in [0.3, 0.4) is 0 Å². The lowest BCUT2D eigenvalue weighted by atomic mass is 10.1. The molecule has 0 atom stereocenters. The zero-order valence-electron chi connectivity index (χ0n) is 18.0. The summed E-state index contributed by atoms with van der Waals surface area (Å²) in [5, 5.41) is 0. The van der Waals surface area contributed by atoms with Crippen molar-refractivity contribution in [3.63, 3.8) is 0 Å². The summed E-state index contributed by atoms with van der Waals surface area (Å²) in [6, 6.07) is 13.7. The predicted molar refractivity (Wildman–Crippen MR) is 119 cm³/mol. The number of aryl methyl sites for hydroxylation is 1. The molecule has 0 N–H and O–H groups in total. The Hall–Kier alpha value is -2.93. The van der Waals surface area contributed by atoms with Crippen LogP contribution < -0.4 is 0 Å².